The van der Waals surface area contributed by atoms with Gasteiger partial charge in [-0.3, -0.25) is 14.5 Å². The van der Waals surface area contributed by atoms with E-state index in [-0.39, 0.29) is 22.6 Å². The average Bonchev–Trinajstić information content (AvgIpc) is 3.64. The number of aromatic nitrogens is 2. The molecule has 1 aromatic heterocycles. The van der Waals surface area contributed by atoms with E-state index in [0.717, 1.165) is 88.4 Å². The zero-order valence-electron chi connectivity index (χ0n) is 32.7. The third-order valence-electron chi connectivity index (χ3n) is 11.1. The van der Waals surface area contributed by atoms with Crippen LogP contribution in [0.2, 0.25) is 0 Å². The number of methoxy groups -OCH3 is 1. The van der Waals surface area contributed by atoms with Gasteiger partial charge in [-0.2, -0.15) is 4.98 Å². The third kappa shape index (κ3) is 9.30. The monoisotopic (exact) mass is 722 g/mol. The van der Waals surface area contributed by atoms with Gasteiger partial charge >= 0.3 is 0 Å². The van der Waals surface area contributed by atoms with Gasteiger partial charge in [0.1, 0.15) is 11.4 Å². The highest BCUT2D eigenvalue weighted by Gasteiger charge is 2.30. The van der Waals surface area contributed by atoms with Crippen LogP contribution in [-0.2, 0) is 4.79 Å². The lowest BCUT2D eigenvalue weighted by molar-refractivity contribution is -0.122. The summed E-state index contributed by atoms with van der Waals surface area (Å²) < 4.78 is 5.84. The van der Waals surface area contributed by atoms with Crippen LogP contribution in [0.3, 0.4) is 0 Å². The first-order chi connectivity index (χ1) is 25.3. The molecule has 6 rings (SSSR count). The molecule has 2 N–H and O–H groups in total. The van der Waals surface area contributed by atoms with Gasteiger partial charge in [0.15, 0.2) is 5.82 Å². The second kappa shape index (κ2) is 16.2. The van der Waals surface area contributed by atoms with Crippen molar-refractivity contribution in [1.82, 2.24) is 20.2 Å². The first kappa shape index (κ1) is 38.1. The fraction of sp³-hybridized carbons (Fsp3) is 0.524. The maximum Gasteiger partial charge on any atom is 0.260 e. The van der Waals surface area contributed by atoms with Gasteiger partial charge in [-0.15, -0.1) is 0 Å². The minimum absolute atomic E-state index is 0.0900. The second-order valence-electron chi connectivity index (χ2n) is 16.6. The summed E-state index contributed by atoms with van der Waals surface area (Å²) in [6, 6.07) is 13.8. The van der Waals surface area contributed by atoms with E-state index in [1.165, 1.54) is 0 Å². The molecule has 11 heteroatoms. The lowest BCUT2D eigenvalue weighted by Gasteiger charge is -2.40. The van der Waals surface area contributed by atoms with Crippen molar-refractivity contribution in [1.29, 1.82) is 0 Å². The number of nitrogens with one attached hydrogen (secondary N) is 2. The Morgan fingerprint density at radius 1 is 0.925 bits per heavy atom. The molecule has 11 nitrogen and oxygen atoms in total. The maximum absolute atomic E-state index is 13.2. The largest absolute Gasteiger partial charge is 0.494 e. The van der Waals surface area contributed by atoms with Crippen molar-refractivity contribution in [2.75, 3.05) is 80.5 Å². The molecule has 0 saturated carbocycles. The Balaban J connectivity index is 0.991. The smallest absolute Gasteiger partial charge is 0.260 e. The van der Waals surface area contributed by atoms with E-state index in [2.05, 4.69) is 77.4 Å². The third-order valence-corrected chi connectivity index (χ3v) is 11.1. The van der Waals surface area contributed by atoms with Crippen LogP contribution < -0.4 is 30.1 Å². The van der Waals surface area contributed by atoms with Crippen LogP contribution >= 0.6 is 0 Å². The number of carbonyl (C=O) groups excluding carboxylic acids is 2. The highest BCUT2D eigenvalue weighted by atomic mass is 16.5. The predicted octanol–water partition coefficient (Wildman–Crippen LogP) is 7.40. The summed E-state index contributed by atoms with van der Waals surface area (Å²) >= 11 is 0. The van der Waals surface area contributed by atoms with Crippen LogP contribution in [0.5, 0.6) is 5.75 Å². The fourth-order valence-corrected chi connectivity index (χ4v) is 7.86. The average molecular weight is 723 g/mol. The van der Waals surface area contributed by atoms with Gasteiger partial charge in [0.2, 0.25) is 11.9 Å². The van der Waals surface area contributed by atoms with E-state index in [4.69, 9.17) is 9.72 Å². The molecular weight excluding hydrogens is 665 g/mol. The molecule has 3 heterocycles. The summed E-state index contributed by atoms with van der Waals surface area (Å²) in [5.41, 5.74) is 4.25. The van der Waals surface area contributed by atoms with Crippen LogP contribution in [0.25, 0.3) is 0 Å². The number of piperazine rings is 1. The molecule has 0 radical (unpaired) electrons. The Kier molecular flexibility index (Phi) is 11.6. The number of allylic oxidation sites excluding steroid dienone is 2. The predicted molar refractivity (Wildman–Crippen MR) is 215 cm³/mol. The molecular formula is C42H58N8O3. The van der Waals surface area contributed by atoms with Crippen molar-refractivity contribution in [2.45, 2.75) is 66.2 Å². The SMILES string of the molecule is COc1cc(N2CCN(CC(C)(C)CCCC(C)(C)CNC(=O)CC3CC=CC3)CC2)ccc1Nc1ncc2c(n1)N(C)c1ccccc1C(=O)N2C. The molecule has 2 aliphatic heterocycles. The molecule has 1 fully saturated rings. The number of rotatable bonds is 14. The lowest BCUT2D eigenvalue weighted by Crippen LogP contribution is -2.49. The van der Waals surface area contributed by atoms with Crippen LogP contribution in [-0.4, -0.2) is 87.2 Å². The maximum atomic E-state index is 13.2. The molecule has 0 unspecified atom stereocenters. The highest BCUT2D eigenvalue weighted by Crippen LogP contribution is 2.39. The van der Waals surface area contributed by atoms with Gasteiger partial charge in [-0.05, 0) is 66.7 Å². The summed E-state index contributed by atoms with van der Waals surface area (Å²) in [5, 5.41) is 6.57. The number of nitrogens with zero attached hydrogens (tertiary/aromatic N) is 6. The summed E-state index contributed by atoms with van der Waals surface area (Å²) in [4.78, 5) is 43.6. The minimum Gasteiger partial charge on any atom is -0.494 e. The Morgan fingerprint density at radius 2 is 1.64 bits per heavy atom. The molecule has 0 atom stereocenters. The van der Waals surface area contributed by atoms with Crippen LogP contribution in [0.15, 0.2) is 60.8 Å². The van der Waals surface area contributed by atoms with Crippen molar-refractivity contribution in [2.24, 2.45) is 16.7 Å². The molecule has 3 aliphatic rings. The molecule has 2 aromatic carbocycles. The van der Waals surface area contributed by atoms with Gasteiger partial charge < -0.3 is 30.1 Å². The van der Waals surface area contributed by atoms with E-state index in [0.29, 0.717) is 41.1 Å². The number of anilines is 6. The fourth-order valence-electron chi connectivity index (χ4n) is 7.86. The van der Waals surface area contributed by atoms with Crippen LogP contribution in [0, 0.1) is 16.7 Å². The van der Waals surface area contributed by atoms with E-state index in [1.807, 2.05) is 42.3 Å². The highest BCUT2D eigenvalue weighted by molar-refractivity contribution is 6.13. The first-order valence-corrected chi connectivity index (χ1v) is 19.1. The molecule has 3 aromatic rings. The van der Waals surface area contributed by atoms with Crippen LogP contribution in [0.4, 0.5) is 34.5 Å². The van der Waals surface area contributed by atoms with E-state index in [9.17, 15) is 9.59 Å². The van der Waals surface area contributed by atoms with Gasteiger partial charge in [-0.25, -0.2) is 4.98 Å². The second-order valence-corrected chi connectivity index (χ2v) is 16.6. The number of ether oxygens (including phenoxy) is 1. The number of benzene rings is 2. The number of carbonyl (C=O) groups is 2. The van der Waals surface area contributed by atoms with Gasteiger partial charge in [0.05, 0.1) is 30.2 Å². The van der Waals surface area contributed by atoms with Gasteiger partial charge in [0, 0.05) is 71.5 Å². The van der Waals surface area contributed by atoms with E-state index >= 15 is 0 Å². The van der Waals surface area contributed by atoms with Crippen molar-refractivity contribution >= 4 is 46.3 Å². The molecule has 0 bridgehead atoms. The Bertz CT molecular complexity index is 1790. The number of amides is 2. The number of hydrogen-bond donors (Lipinski definition) is 2. The van der Waals surface area contributed by atoms with Crippen molar-refractivity contribution in [3.8, 4) is 5.75 Å². The van der Waals surface area contributed by atoms with Crippen molar-refractivity contribution in [3.63, 3.8) is 0 Å². The zero-order valence-corrected chi connectivity index (χ0v) is 32.7. The Labute approximate surface area is 315 Å². The minimum atomic E-state index is -0.0981. The summed E-state index contributed by atoms with van der Waals surface area (Å²) in [6.07, 6.45) is 12.2. The summed E-state index contributed by atoms with van der Waals surface area (Å²) in [7, 11) is 5.35. The van der Waals surface area contributed by atoms with E-state index < -0.39 is 0 Å². The number of hydrogen-bond acceptors (Lipinski definition) is 9. The number of para-hydroxylation sites is 1. The topological polar surface area (TPSA) is 106 Å². The Morgan fingerprint density at radius 3 is 2.38 bits per heavy atom. The molecule has 0 spiro atoms. The molecule has 2 amide bonds. The Hall–Kier alpha value is -4.64. The zero-order chi connectivity index (χ0) is 37.8. The number of fused-ring (bicyclic) bond motifs is 2. The normalized spacial score (nSPS) is 16.7. The summed E-state index contributed by atoms with van der Waals surface area (Å²) in [6.45, 7) is 15.1. The van der Waals surface area contributed by atoms with Gasteiger partial charge in [0.25, 0.3) is 5.91 Å². The van der Waals surface area contributed by atoms with Gasteiger partial charge in [-0.1, -0.05) is 58.4 Å². The summed E-state index contributed by atoms with van der Waals surface area (Å²) in [5.74, 6) is 2.35. The van der Waals surface area contributed by atoms with E-state index in [1.54, 1.807) is 25.3 Å². The van der Waals surface area contributed by atoms with Crippen molar-refractivity contribution < 1.29 is 14.3 Å². The molecule has 53 heavy (non-hydrogen) atoms. The molecule has 1 aliphatic carbocycles. The molecule has 1 saturated heterocycles. The first-order valence-electron chi connectivity index (χ1n) is 19.1. The quantitative estimate of drug-likeness (QED) is 0.165. The van der Waals surface area contributed by atoms with Crippen molar-refractivity contribution in [3.05, 3.63) is 66.4 Å². The molecule has 284 valence electrons. The van der Waals surface area contributed by atoms with Crippen LogP contribution in [0.1, 0.15) is 76.6 Å². The standard InChI is InChI=1S/C42H58N8O3/c1-41(2,28-44-37(51)25-30-13-8-9-14-30)19-12-20-42(3,4)29-49-21-23-50(24-22-49)31-17-18-33(36(26-31)53-7)45-40-43-27-35-38(46-40)47(5)34-16-11-10-15-32(34)39(52)48(35)6/h8-11,15-18,26-27,30H,12-14,19-25,28-29H2,1-7H3,(H,44,51)(H,43,45,46). The lowest BCUT2D eigenvalue weighted by atomic mass is 9.81.